The molecule has 0 radical (unpaired) electrons. The predicted octanol–water partition coefficient (Wildman–Crippen LogP) is 6.28. The van der Waals surface area contributed by atoms with Crippen LogP contribution in [0.4, 0.5) is 0 Å². The summed E-state index contributed by atoms with van der Waals surface area (Å²) in [6.45, 7) is 0.323. The SMILES string of the molecule is O=C(/C=C/c1ccc(COc2cccc(Br)c2)o1)c1cccc(Br)c1. The first-order chi connectivity index (χ1) is 12.1. The van der Waals surface area contributed by atoms with E-state index in [2.05, 4.69) is 31.9 Å². The van der Waals surface area contributed by atoms with Crippen molar-refractivity contribution in [1.29, 1.82) is 0 Å². The number of carbonyl (C=O) groups is 1. The van der Waals surface area contributed by atoms with Crippen LogP contribution in [0.3, 0.4) is 0 Å². The molecule has 126 valence electrons. The van der Waals surface area contributed by atoms with E-state index in [4.69, 9.17) is 9.15 Å². The summed E-state index contributed by atoms with van der Waals surface area (Å²) < 4.78 is 13.2. The number of allylic oxidation sites excluding steroid dienone is 1. The van der Waals surface area contributed by atoms with Crippen LogP contribution in [0.1, 0.15) is 21.9 Å². The average Bonchev–Trinajstić information content (AvgIpc) is 3.06. The quantitative estimate of drug-likeness (QED) is 0.320. The van der Waals surface area contributed by atoms with E-state index in [1.54, 1.807) is 18.2 Å². The summed E-state index contributed by atoms with van der Waals surface area (Å²) in [6, 6.07) is 18.5. The fourth-order valence-corrected chi connectivity index (χ4v) is 2.95. The molecule has 0 amide bonds. The van der Waals surface area contributed by atoms with E-state index in [-0.39, 0.29) is 5.78 Å². The van der Waals surface area contributed by atoms with Crippen molar-refractivity contribution in [2.24, 2.45) is 0 Å². The zero-order valence-electron chi connectivity index (χ0n) is 13.1. The van der Waals surface area contributed by atoms with Crippen LogP contribution in [0.15, 0.2) is 80.1 Å². The Morgan fingerprint density at radius 3 is 2.52 bits per heavy atom. The number of furan rings is 1. The molecule has 3 rings (SSSR count). The molecule has 0 saturated carbocycles. The Kier molecular flexibility index (Phi) is 5.89. The third kappa shape index (κ3) is 5.18. The smallest absolute Gasteiger partial charge is 0.186 e. The van der Waals surface area contributed by atoms with Crippen molar-refractivity contribution >= 4 is 43.7 Å². The number of benzene rings is 2. The van der Waals surface area contributed by atoms with Gasteiger partial charge in [-0.3, -0.25) is 4.79 Å². The Labute approximate surface area is 162 Å². The topological polar surface area (TPSA) is 39.4 Å². The van der Waals surface area contributed by atoms with Gasteiger partial charge in [0.1, 0.15) is 23.9 Å². The van der Waals surface area contributed by atoms with Crippen molar-refractivity contribution in [3.63, 3.8) is 0 Å². The molecule has 1 heterocycles. The molecule has 1 aromatic heterocycles. The first kappa shape index (κ1) is 17.7. The summed E-state index contributed by atoms with van der Waals surface area (Å²) in [6.07, 6.45) is 3.16. The van der Waals surface area contributed by atoms with E-state index in [1.165, 1.54) is 6.08 Å². The fraction of sp³-hybridized carbons (Fsp3) is 0.0500. The van der Waals surface area contributed by atoms with Gasteiger partial charge >= 0.3 is 0 Å². The average molecular weight is 462 g/mol. The van der Waals surface area contributed by atoms with Crippen molar-refractivity contribution in [1.82, 2.24) is 0 Å². The van der Waals surface area contributed by atoms with E-state index in [9.17, 15) is 4.79 Å². The zero-order valence-corrected chi connectivity index (χ0v) is 16.3. The lowest BCUT2D eigenvalue weighted by atomic mass is 10.1. The number of halogens is 2. The number of ketones is 1. The lowest BCUT2D eigenvalue weighted by Crippen LogP contribution is -1.93. The second-order valence-corrected chi connectivity index (χ2v) is 7.09. The van der Waals surface area contributed by atoms with Crippen LogP contribution in [0, 0.1) is 0 Å². The summed E-state index contributed by atoms with van der Waals surface area (Å²) in [5.41, 5.74) is 0.621. The maximum atomic E-state index is 12.1. The molecule has 0 unspecified atom stereocenters. The van der Waals surface area contributed by atoms with Crippen LogP contribution >= 0.6 is 31.9 Å². The minimum Gasteiger partial charge on any atom is -0.486 e. The predicted molar refractivity (Wildman–Crippen MR) is 105 cm³/mol. The van der Waals surface area contributed by atoms with Gasteiger partial charge in [0.25, 0.3) is 0 Å². The molecule has 0 aliphatic heterocycles. The number of hydrogen-bond donors (Lipinski definition) is 0. The van der Waals surface area contributed by atoms with Gasteiger partial charge in [-0.2, -0.15) is 0 Å². The molecule has 0 aliphatic carbocycles. The van der Waals surface area contributed by atoms with Gasteiger partial charge in [-0.1, -0.05) is 50.1 Å². The van der Waals surface area contributed by atoms with Crippen molar-refractivity contribution in [2.75, 3.05) is 0 Å². The van der Waals surface area contributed by atoms with Crippen molar-refractivity contribution in [3.05, 3.63) is 92.8 Å². The summed E-state index contributed by atoms with van der Waals surface area (Å²) in [4.78, 5) is 12.1. The van der Waals surface area contributed by atoms with E-state index >= 15 is 0 Å². The van der Waals surface area contributed by atoms with Gasteiger partial charge in [0.05, 0.1) is 0 Å². The molecule has 0 bridgehead atoms. The third-order valence-corrected chi connectivity index (χ3v) is 4.35. The van der Waals surface area contributed by atoms with Gasteiger partial charge in [0.15, 0.2) is 5.78 Å². The van der Waals surface area contributed by atoms with Crippen molar-refractivity contribution in [2.45, 2.75) is 6.61 Å². The molecule has 25 heavy (non-hydrogen) atoms. The van der Waals surface area contributed by atoms with E-state index in [0.29, 0.717) is 23.7 Å². The molecule has 0 atom stereocenters. The highest BCUT2D eigenvalue weighted by molar-refractivity contribution is 9.10. The van der Waals surface area contributed by atoms with Crippen LogP contribution in [-0.4, -0.2) is 5.78 Å². The molecule has 0 spiro atoms. The molecule has 2 aromatic carbocycles. The molecular weight excluding hydrogens is 448 g/mol. The minimum absolute atomic E-state index is 0.0790. The molecule has 0 fully saturated rings. The number of carbonyl (C=O) groups excluding carboxylic acids is 1. The molecule has 3 aromatic rings. The second kappa shape index (κ2) is 8.32. The van der Waals surface area contributed by atoms with E-state index < -0.39 is 0 Å². The van der Waals surface area contributed by atoms with Crippen molar-refractivity contribution < 1.29 is 13.9 Å². The largest absolute Gasteiger partial charge is 0.486 e. The van der Waals surface area contributed by atoms with E-state index in [1.807, 2.05) is 48.5 Å². The van der Waals surface area contributed by atoms with Gasteiger partial charge in [0.2, 0.25) is 0 Å². The molecule has 3 nitrogen and oxygen atoms in total. The Hall–Kier alpha value is -2.11. The second-order valence-electron chi connectivity index (χ2n) is 5.26. The van der Waals surface area contributed by atoms with Gasteiger partial charge in [-0.05, 0) is 54.6 Å². The Bertz CT molecular complexity index is 913. The fourth-order valence-electron chi connectivity index (χ4n) is 2.17. The molecule has 0 saturated heterocycles. The van der Waals surface area contributed by atoms with Crippen LogP contribution in [-0.2, 0) is 6.61 Å². The van der Waals surface area contributed by atoms with E-state index in [0.717, 1.165) is 14.7 Å². The standard InChI is InChI=1S/C20H14Br2O3/c21-15-4-1-3-14(11-15)20(23)10-9-17-7-8-19(25-17)13-24-18-6-2-5-16(22)12-18/h1-12H,13H2/b10-9+. The maximum Gasteiger partial charge on any atom is 0.186 e. The van der Waals surface area contributed by atoms with Crippen LogP contribution in [0.2, 0.25) is 0 Å². The zero-order chi connectivity index (χ0) is 17.6. The summed E-state index contributed by atoms with van der Waals surface area (Å²) in [5.74, 6) is 1.98. The van der Waals surface area contributed by atoms with Gasteiger partial charge < -0.3 is 9.15 Å². The molecule has 0 aliphatic rings. The monoisotopic (exact) mass is 460 g/mol. The number of ether oxygens (including phenoxy) is 1. The lowest BCUT2D eigenvalue weighted by molar-refractivity contribution is 0.104. The summed E-state index contributed by atoms with van der Waals surface area (Å²) in [5, 5.41) is 0. The normalized spacial score (nSPS) is 11.0. The minimum atomic E-state index is -0.0790. The van der Waals surface area contributed by atoms with Gasteiger partial charge in [-0.15, -0.1) is 0 Å². The summed E-state index contributed by atoms with van der Waals surface area (Å²) in [7, 11) is 0. The van der Waals surface area contributed by atoms with Crippen molar-refractivity contribution in [3.8, 4) is 5.75 Å². The molecule has 0 N–H and O–H groups in total. The van der Waals surface area contributed by atoms with Crippen LogP contribution in [0.25, 0.3) is 6.08 Å². The first-order valence-corrected chi connectivity index (χ1v) is 9.14. The third-order valence-electron chi connectivity index (χ3n) is 3.37. The van der Waals surface area contributed by atoms with Gasteiger partial charge in [-0.25, -0.2) is 0 Å². The first-order valence-electron chi connectivity index (χ1n) is 7.55. The lowest BCUT2D eigenvalue weighted by Gasteiger charge is -2.04. The maximum absolute atomic E-state index is 12.1. The highest BCUT2D eigenvalue weighted by Gasteiger charge is 2.04. The molecule has 5 heteroatoms. The summed E-state index contributed by atoms with van der Waals surface area (Å²) >= 11 is 6.76. The Morgan fingerprint density at radius 2 is 1.76 bits per heavy atom. The highest BCUT2D eigenvalue weighted by atomic mass is 79.9. The highest BCUT2D eigenvalue weighted by Crippen LogP contribution is 2.20. The van der Waals surface area contributed by atoms with Gasteiger partial charge in [0, 0.05) is 14.5 Å². The number of hydrogen-bond acceptors (Lipinski definition) is 3. The van der Waals surface area contributed by atoms with Crippen LogP contribution in [0.5, 0.6) is 5.75 Å². The number of rotatable bonds is 6. The molecular formula is C20H14Br2O3. The van der Waals surface area contributed by atoms with Crippen LogP contribution < -0.4 is 4.74 Å². The Balaban J connectivity index is 1.60. The Morgan fingerprint density at radius 1 is 1.00 bits per heavy atom.